The standard InChI is InChI=1S/C14H17F3N2/c1-3-7-18-12-5-4-6-13-11(12)8-10(2)19(13)9-14(15,16)17/h4-6,8,18H,3,7,9H2,1-2H3. The number of aromatic nitrogens is 1. The number of alkyl halides is 3. The van der Waals surface area contributed by atoms with E-state index < -0.39 is 12.7 Å². The van der Waals surface area contributed by atoms with Gasteiger partial charge >= 0.3 is 6.18 Å². The molecule has 0 aliphatic rings. The van der Waals surface area contributed by atoms with Crippen molar-refractivity contribution in [3.63, 3.8) is 0 Å². The first kappa shape index (κ1) is 13.8. The quantitative estimate of drug-likeness (QED) is 0.874. The first-order chi connectivity index (χ1) is 8.92. The van der Waals surface area contributed by atoms with E-state index in [1.54, 1.807) is 25.1 Å². The summed E-state index contributed by atoms with van der Waals surface area (Å²) >= 11 is 0. The monoisotopic (exact) mass is 270 g/mol. The Bertz CT molecular complexity index is 570. The lowest BCUT2D eigenvalue weighted by atomic mass is 10.2. The first-order valence-electron chi connectivity index (χ1n) is 6.32. The minimum absolute atomic E-state index is 0.621. The fraction of sp³-hybridized carbons (Fsp3) is 0.429. The molecule has 0 unspecified atom stereocenters. The Kier molecular flexibility index (Phi) is 3.73. The molecular weight excluding hydrogens is 253 g/mol. The van der Waals surface area contributed by atoms with Crippen molar-refractivity contribution in [3.8, 4) is 0 Å². The van der Waals surface area contributed by atoms with Crippen LogP contribution < -0.4 is 5.32 Å². The van der Waals surface area contributed by atoms with Crippen LogP contribution in [0.1, 0.15) is 19.0 Å². The van der Waals surface area contributed by atoms with Crippen molar-refractivity contribution >= 4 is 16.6 Å². The SMILES string of the molecule is CCCNc1cccc2c1cc(C)n2CC(F)(F)F. The maximum absolute atomic E-state index is 12.6. The van der Waals surface area contributed by atoms with E-state index in [2.05, 4.69) is 5.32 Å². The van der Waals surface area contributed by atoms with E-state index in [0.29, 0.717) is 11.2 Å². The fourth-order valence-corrected chi connectivity index (χ4v) is 2.22. The third-order valence-corrected chi connectivity index (χ3v) is 3.06. The molecule has 0 fully saturated rings. The summed E-state index contributed by atoms with van der Waals surface area (Å²) in [6.07, 6.45) is -3.23. The van der Waals surface area contributed by atoms with Crippen molar-refractivity contribution < 1.29 is 13.2 Å². The number of aryl methyl sites for hydroxylation is 1. The number of nitrogens with one attached hydrogen (secondary N) is 1. The van der Waals surface area contributed by atoms with Gasteiger partial charge in [0, 0.05) is 23.3 Å². The Balaban J connectivity index is 2.46. The summed E-state index contributed by atoms with van der Waals surface area (Å²) in [5.41, 5.74) is 2.14. The van der Waals surface area contributed by atoms with Gasteiger partial charge in [-0.15, -0.1) is 0 Å². The van der Waals surface area contributed by atoms with Gasteiger partial charge in [0.15, 0.2) is 0 Å². The molecule has 0 atom stereocenters. The van der Waals surface area contributed by atoms with Crippen molar-refractivity contribution in [1.82, 2.24) is 4.57 Å². The first-order valence-corrected chi connectivity index (χ1v) is 6.32. The van der Waals surface area contributed by atoms with Crippen LogP contribution in [0.2, 0.25) is 0 Å². The van der Waals surface area contributed by atoms with Gasteiger partial charge in [0.25, 0.3) is 0 Å². The van der Waals surface area contributed by atoms with Crippen LogP contribution in [0.5, 0.6) is 0 Å². The predicted molar refractivity (Wildman–Crippen MR) is 71.5 cm³/mol. The fourth-order valence-electron chi connectivity index (χ4n) is 2.22. The van der Waals surface area contributed by atoms with E-state index in [-0.39, 0.29) is 0 Å². The Morgan fingerprint density at radius 2 is 2.00 bits per heavy atom. The summed E-state index contributed by atoms with van der Waals surface area (Å²) in [5, 5.41) is 4.09. The van der Waals surface area contributed by atoms with Gasteiger partial charge in [0.2, 0.25) is 0 Å². The number of hydrogen-bond donors (Lipinski definition) is 1. The van der Waals surface area contributed by atoms with E-state index in [0.717, 1.165) is 24.0 Å². The molecule has 0 saturated heterocycles. The molecule has 2 aromatic rings. The van der Waals surface area contributed by atoms with Crippen molar-refractivity contribution in [1.29, 1.82) is 0 Å². The number of anilines is 1. The summed E-state index contributed by atoms with van der Waals surface area (Å²) in [5.74, 6) is 0. The zero-order valence-corrected chi connectivity index (χ0v) is 11.0. The molecule has 1 N–H and O–H groups in total. The molecule has 0 amide bonds. The second-order valence-electron chi connectivity index (χ2n) is 4.65. The molecule has 1 heterocycles. The maximum Gasteiger partial charge on any atom is 0.406 e. The summed E-state index contributed by atoms with van der Waals surface area (Å²) in [4.78, 5) is 0. The number of halogens is 3. The normalized spacial score (nSPS) is 12.1. The Labute approximate surface area is 110 Å². The molecule has 0 spiro atoms. The molecule has 2 nitrogen and oxygen atoms in total. The second kappa shape index (κ2) is 5.15. The van der Waals surface area contributed by atoms with Crippen molar-refractivity contribution in [2.75, 3.05) is 11.9 Å². The third-order valence-electron chi connectivity index (χ3n) is 3.06. The van der Waals surface area contributed by atoms with Crippen molar-refractivity contribution in [2.24, 2.45) is 0 Å². The van der Waals surface area contributed by atoms with Crippen LogP contribution in [0.3, 0.4) is 0 Å². The number of nitrogens with zero attached hydrogens (tertiary/aromatic N) is 1. The van der Waals surface area contributed by atoms with Crippen molar-refractivity contribution in [2.45, 2.75) is 33.0 Å². The van der Waals surface area contributed by atoms with E-state index in [9.17, 15) is 13.2 Å². The molecule has 0 bridgehead atoms. The van der Waals surface area contributed by atoms with Gasteiger partial charge in [-0.05, 0) is 31.5 Å². The Hall–Kier alpha value is -1.65. The molecule has 1 aromatic heterocycles. The predicted octanol–water partition coefficient (Wildman–Crippen LogP) is 4.33. The van der Waals surface area contributed by atoms with Gasteiger partial charge in [-0.1, -0.05) is 13.0 Å². The van der Waals surface area contributed by atoms with Gasteiger partial charge in [-0.25, -0.2) is 0 Å². The van der Waals surface area contributed by atoms with Crippen molar-refractivity contribution in [3.05, 3.63) is 30.0 Å². The molecule has 0 saturated carbocycles. The van der Waals surface area contributed by atoms with E-state index in [1.807, 2.05) is 13.0 Å². The van der Waals surface area contributed by atoms with Gasteiger partial charge < -0.3 is 9.88 Å². The lowest BCUT2D eigenvalue weighted by Gasteiger charge is -2.12. The van der Waals surface area contributed by atoms with Gasteiger partial charge in [-0.2, -0.15) is 13.2 Å². The number of fused-ring (bicyclic) bond motifs is 1. The average molecular weight is 270 g/mol. The molecule has 0 aliphatic heterocycles. The molecule has 1 aromatic carbocycles. The minimum atomic E-state index is -4.20. The second-order valence-corrected chi connectivity index (χ2v) is 4.65. The van der Waals surface area contributed by atoms with Crippen LogP contribution in [0.25, 0.3) is 10.9 Å². The maximum atomic E-state index is 12.6. The smallest absolute Gasteiger partial charge is 0.385 e. The zero-order chi connectivity index (χ0) is 14.0. The van der Waals surface area contributed by atoms with Gasteiger partial charge in [0.05, 0.1) is 5.52 Å². The molecule has 104 valence electrons. The summed E-state index contributed by atoms with van der Waals surface area (Å²) < 4.78 is 39.1. The largest absolute Gasteiger partial charge is 0.406 e. The lowest BCUT2D eigenvalue weighted by molar-refractivity contribution is -0.140. The molecular formula is C14H17F3N2. The van der Waals surface area contributed by atoms with Crippen LogP contribution in [0, 0.1) is 6.92 Å². The molecule has 0 radical (unpaired) electrons. The van der Waals surface area contributed by atoms with Crippen LogP contribution in [0.15, 0.2) is 24.3 Å². The lowest BCUT2D eigenvalue weighted by Crippen LogP contribution is -2.18. The Morgan fingerprint density at radius 3 is 2.63 bits per heavy atom. The van der Waals surface area contributed by atoms with Gasteiger partial charge in [0.1, 0.15) is 6.54 Å². The number of rotatable bonds is 4. The molecule has 0 aliphatic carbocycles. The van der Waals surface area contributed by atoms with Crippen LogP contribution in [-0.4, -0.2) is 17.3 Å². The Morgan fingerprint density at radius 1 is 1.26 bits per heavy atom. The highest BCUT2D eigenvalue weighted by molar-refractivity contribution is 5.93. The van der Waals surface area contributed by atoms with E-state index in [4.69, 9.17) is 0 Å². The van der Waals surface area contributed by atoms with Crippen LogP contribution in [-0.2, 0) is 6.54 Å². The highest BCUT2D eigenvalue weighted by Crippen LogP contribution is 2.29. The third kappa shape index (κ3) is 3.03. The molecule has 5 heteroatoms. The highest BCUT2D eigenvalue weighted by Gasteiger charge is 2.29. The van der Waals surface area contributed by atoms with E-state index >= 15 is 0 Å². The molecule has 2 rings (SSSR count). The minimum Gasteiger partial charge on any atom is -0.385 e. The number of hydrogen-bond acceptors (Lipinski definition) is 1. The van der Waals surface area contributed by atoms with Crippen LogP contribution >= 0.6 is 0 Å². The average Bonchev–Trinajstić information content (AvgIpc) is 2.62. The summed E-state index contributed by atoms with van der Waals surface area (Å²) in [6.45, 7) is 3.62. The highest BCUT2D eigenvalue weighted by atomic mass is 19.4. The van der Waals surface area contributed by atoms with E-state index in [1.165, 1.54) is 4.57 Å². The van der Waals surface area contributed by atoms with Crippen LogP contribution in [0.4, 0.5) is 18.9 Å². The summed E-state index contributed by atoms with van der Waals surface area (Å²) in [6, 6.07) is 7.21. The zero-order valence-electron chi connectivity index (χ0n) is 11.0. The topological polar surface area (TPSA) is 17.0 Å². The van der Waals surface area contributed by atoms with Gasteiger partial charge in [-0.3, -0.25) is 0 Å². The summed E-state index contributed by atoms with van der Waals surface area (Å²) in [7, 11) is 0. The number of benzene rings is 1. The molecule has 19 heavy (non-hydrogen) atoms.